The maximum atomic E-state index is 17.9. The molecule has 5 heterocycles. The molecule has 2 atom stereocenters. The molecular weight excluding hydrogens is 727 g/mol. The number of methoxy groups -OCH3 is 1. The van der Waals surface area contributed by atoms with Crippen LogP contribution < -0.4 is 9.64 Å². The number of phenols is 1. The highest BCUT2D eigenvalue weighted by Crippen LogP contribution is 2.49. The highest BCUT2D eigenvalue weighted by Gasteiger charge is 2.46. The lowest BCUT2D eigenvalue weighted by Gasteiger charge is -2.42. The van der Waals surface area contributed by atoms with E-state index in [0.717, 1.165) is 97.4 Å². The number of terminal acetylenes is 1. The number of piperazine rings is 1. The van der Waals surface area contributed by atoms with Gasteiger partial charge in [0.2, 0.25) is 0 Å². The second-order valence-corrected chi connectivity index (χ2v) is 16.7. The van der Waals surface area contributed by atoms with Gasteiger partial charge >= 0.3 is 6.01 Å². The van der Waals surface area contributed by atoms with Crippen molar-refractivity contribution < 1.29 is 23.4 Å². The van der Waals surface area contributed by atoms with Gasteiger partial charge in [-0.15, -0.1) is 6.42 Å². The number of benzene rings is 3. The highest BCUT2D eigenvalue weighted by atomic mass is 19.1. The minimum absolute atomic E-state index is 0.0000892. The van der Waals surface area contributed by atoms with E-state index in [0.29, 0.717) is 46.1 Å². The van der Waals surface area contributed by atoms with Crippen LogP contribution >= 0.6 is 0 Å². The van der Waals surface area contributed by atoms with Crippen LogP contribution in [0, 0.1) is 29.4 Å². The summed E-state index contributed by atoms with van der Waals surface area (Å²) in [5.41, 5.74) is 0.758. The number of aromatic nitrogens is 4. The molecule has 1 saturated carbocycles. The number of anilines is 1. The number of ether oxygens (including phenoxy) is 2. The molecule has 9 rings (SSSR count). The largest absolute Gasteiger partial charge is 0.508 e. The maximum Gasteiger partial charge on any atom is 0.319 e. The Hall–Kier alpha value is -4.61. The lowest BCUT2D eigenvalue weighted by molar-refractivity contribution is 0.155. The molecule has 57 heavy (non-hydrogen) atoms. The second-order valence-electron chi connectivity index (χ2n) is 16.7. The number of nitrogens with zero attached hydrogens (tertiary/aromatic N) is 8. The molecular formula is C44H52F2N8O3. The number of hydrogen-bond acceptors (Lipinski definition) is 10. The summed E-state index contributed by atoms with van der Waals surface area (Å²) in [5, 5.41) is 17.8. The van der Waals surface area contributed by atoms with Gasteiger partial charge in [-0.2, -0.15) is 15.1 Å². The molecule has 3 aromatic carbocycles. The molecule has 300 valence electrons. The fraction of sp³-hybridized carbons (Fsp3) is 0.523. The van der Waals surface area contributed by atoms with Crippen molar-refractivity contribution in [2.75, 3.05) is 84.1 Å². The Morgan fingerprint density at radius 3 is 2.49 bits per heavy atom. The molecule has 11 nitrogen and oxygen atoms in total. The van der Waals surface area contributed by atoms with Crippen LogP contribution in [0.4, 0.5) is 14.6 Å². The van der Waals surface area contributed by atoms with Gasteiger partial charge in [0.05, 0.1) is 17.6 Å². The van der Waals surface area contributed by atoms with E-state index in [1.54, 1.807) is 24.9 Å². The van der Waals surface area contributed by atoms with Crippen molar-refractivity contribution in [1.29, 1.82) is 0 Å². The molecule has 0 radical (unpaired) electrons. The summed E-state index contributed by atoms with van der Waals surface area (Å²) in [6.07, 6.45) is 14.0. The average Bonchev–Trinajstić information content (AvgIpc) is 3.85. The van der Waals surface area contributed by atoms with Gasteiger partial charge in [-0.25, -0.2) is 8.78 Å². The molecule has 13 heteroatoms. The molecule has 3 aliphatic heterocycles. The fourth-order valence-corrected chi connectivity index (χ4v) is 9.84. The number of aryl methyl sites for hydroxylation is 1. The van der Waals surface area contributed by atoms with Crippen molar-refractivity contribution in [3.05, 3.63) is 47.7 Å². The van der Waals surface area contributed by atoms with E-state index >= 15 is 8.78 Å². The number of aromatic hydroxyl groups is 1. The topological polar surface area (TPSA) is 95.3 Å². The number of likely N-dealkylation sites (N-methyl/N-ethyl adjacent to an activating group) is 1. The Kier molecular flexibility index (Phi) is 10.2. The summed E-state index contributed by atoms with van der Waals surface area (Å²) < 4.78 is 46.8. The zero-order valence-electron chi connectivity index (χ0n) is 33.2. The van der Waals surface area contributed by atoms with E-state index in [4.69, 9.17) is 31.0 Å². The summed E-state index contributed by atoms with van der Waals surface area (Å²) in [7, 11) is 3.53. The Morgan fingerprint density at radius 2 is 1.75 bits per heavy atom. The molecule has 2 bridgehead atoms. The van der Waals surface area contributed by atoms with E-state index in [2.05, 4.69) is 32.4 Å². The Bertz CT molecular complexity index is 2360. The predicted octanol–water partition coefficient (Wildman–Crippen LogP) is 6.18. The van der Waals surface area contributed by atoms with Crippen molar-refractivity contribution >= 4 is 38.4 Å². The van der Waals surface area contributed by atoms with Crippen LogP contribution in [0.2, 0.25) is 0 Å². The van der Waals surface area contributed by atoms with Gasteiger partial charge in [0.15, 0.2) is 5.82 Å². The van der Waals surface area contributed by atoms with Crippen LogP contribution in [0.15, 0.2) is 30.5 Å². The average molecular weight is 779 g/mol. The molecule has 5 aromatic rings. The Morgan fingerprint density at radius 1 is 0.982 bits per heavy atom. The normalized spacial score (nSPS) is 21.4. The fourth-order valence-electron chi connectivity index (χ4n) is 9.84. The summed E-state index contributed by atoms with van der Waals surface area (Å²) in [6.45, 7) is 12.4. The van der Waals surface area contributed by atoms with Crippen LogP contribution in [-0.2, 0) is 11.8 Å². The third-order valence-electron chi connectivity index (χ3n) is 12.9. The van der Waals surface area contributed by atoms with Crippen LogP contribution in [0.1, 0.15) is 51.0 Å². The van der Waals surface area contributed by atoms with E-state index in [1.807, 2.05) is 6.20 Å². The van der Waals surface area contributed by atoms with E-state index < -0.39 is 11.6 Å². The first kappa shape index (κ1) is 37.9. The smallest absolute Gasteiger partial charge is 0.319 e. The van der Waals surface area contributed by atoms with E-state index in [-0.39, 0.29) is 51.5 Å². The van der Waals surface area contributed by atoms with Crippen molar-refractivity contribution in [2.45, 2.75) is 57.5 Å². The van der Waals surface area contributed by atoms with Crippen LogP contribution in [0.5, 0.6) is 11.8 Å². The van der Waals surface area contributed by atoms with Gasteiger partial charge in [0.25, 0.3) is 0 Å². The monoisotopic (exact) mass is 778 g/mol. The third-order valence-corrected chi connectivity index (χ3v) is 12.9. The number of phenolic OH excluding ortho intramolecular Hbond substituents is 1. The molecule has 0 spiro atoms. The minimum Gasteiger partial charge on any atom is -0.508 e. The number of rotatable bonds is 12. The lowest BCUT2D eigenvalue weighted by Crippen LogP contribution is -2.54. The zero-order valence-corrected chi connectivity index (χ0v) is 33.2. The SMILES string of the molecule is C#Cc1c(F)ccc2cc(O)cc(-c3c(F)c4nc(OCC5(CN6CCCN(CC)CC6)CC5)nc(N5[C@@H]6CC[C@H]5CN(CCCOC)C6)c4c4cn(C)nc34)c12. The van der Waals surface area contributed by atoms with Crippen molar-refractivity contribution in [3.63, 3.8) is 0 Å². The first-order valence-electron chi connectivity index (χ1n) is 20.5. The number of halogens is 2. The van der Waals surface area contributed by atoms with Gasteiger partial charge in [0.1, 0.15) is 28.4 Å². The summed E-state index contributed by atoms with van der Waals surface area (Å²) in [5.74, 6) is 1.76. The van der Waals surface area contributed by atoms with Crippen LogP contribution in [0.25, 0.3) is 43.7 Å². The highest BCUT2D eigenvalue weighted by molar-refractivity contribution is 6.18. The molecule has 4 aliphatic rings. The lowest BCUT2D eigenvalue weighted by atomic mass is 9.91. The Balaban J connectivity index is 1.18. The van der Waals surface area contributed by atoms with Gasteiger partial charge in [-0.05, 0) is 87.3 Å². The number of fused-ring (bicyclic) bond motifs is 6. The van der Waals surface area contributed by atoms with Gasteiger partial charge in [0, 0.05) is 100 Å². The number of likely N-dealkylation sites (tertiary alicyclic amines) is 1. The Labute approximate surface area is 332 Å². The van der Waals surface area contributed by atoms with Crippen LogP contribution in [-0.4, -0.2) is 131 Å². The van der Waals surface area contributed by atoms with Gasteiger partial charge < -0.3 is 29.3 Å². The second kappa shape index (κ2) is 15.3. The van der Waals surface area contributed by atoms with Gasteiger partial charge in [-0.3, -0.25) is 9.58 Å². The summed E-state index contributed by atoms with van der Waals surface area (Å²) in [6, 6.07) is 6.23. The molecule has 2 aromatic heterocycles. The van der Waals surface area contributed by atoms with Crippen molar-refractivity contribution in [2.24, 2.45) is 12.5 Å². The van der Waals surface area contributed by atoms with Crippen molar-refractivity contribution in [1.82, 2.24) is 34.4 Å². The molecule has 0 amide bonds. The standard InChI is InChI=1S/C44H52F2N8O3/c1-5-32-35(45)12-9-28-21-31(55)22-33(36(28)32)37-39(46)41-38(34-25-50(3)49-40(34)37)42(54-29-10-11-30(54)24-53(23-29)17-8-20-56-4)48-43(47-41)57-27-44(13-14-44)26-52-16-7-15-51(6-2)18-19-52/h1,9,12,21-22,25,29-30,55H,6-8,10-11,13-20,23-24,26-27H2,2-4H3/t29-,30+. The summed E-state index contributed by atoms with van der Waals surface area (Å²) in [4.78, 5) is 20.1. The first-order valence-corrected chi connectivity index (χ1v) is 20.5. The molecule has 1 N–H and O–H groups in total. The minimum atomic E-state index is -0.652. The molecule has 4 fully saturated rings. The van der Waals surface area contributed by atoms with E-state index in [9.17, 15) is 5.11 Å². The summed E-state index contributed by atoms with van der Waals surface area (Å²) >= 11 is 0. The zero-order chi connectivity index (χ0) is 39.4. The van der Waals surface area contributed by atoms with Crippen LogP contribution in [0.3, 0.4) is 0 Å². The molecule has 1 aliphatic carbocycles. The maximum absolute atomic E-state index is 17.9. The molecule has 3 saturated heterocycles. The van der Waals surface area contributed by atoms with E-state index in [1.165, 1.54) is 18.2 Å². The van der Waals surface area contributed by atoms with Crippen molar-refractivity contribution in [3.8, 4) is 35.2 Å². The quantitative estimate of drug-likeness (QED) is 0.117. The number of hydrogen-bond donors (Lipinski definition) is 1. The third kappa shape index (κ3) is 7.05. The van der Waals surface area contributed by atoms with Gasteiger partial charge in [-0.1, -0.05) is 18.9 Å². The first-order chi connectivity index (χ1) is 27.7. The molecule has 0 unspecified atom stereocenters. The predicted molar refractivity (Wildman–Crippen MR) is 219 cm³/mol.